The Morgan fingerprint density at radius 2 is 1.61 bits per heavy atom. The molecule has 0 saturated heterocycles. The van der Waals surface area contributed by atoms with Crippen molar-refractivity contribution >= 4 is 28.5 Å². The van der Waals surface area contributed by atoms with Crippen LogP contribution in [-0.2, 0) is 17.8 Å². The molecule has 0 radical (unpaired) electrons. The fourth-order valence-electron chi connectivity index (χ4n) is 4.21. The number of aromatic amines is 1. The maximum Gasteiger partial charge on any atom is 0.322 e. The molecule has 2 N–H and O–H groups in total. The van der Waals surface area contributed by atoms with Crippen molar-refractivity contribution < 1.29 is 14.0 Å². The first kappa shape index (κ1) is 25.0. The topological polar surface area (TPSA) is 68.4 Å². The summed E-state index contributed by atoms with van der Waals surface area (Å²) in [5.41, 5.74) is 3.68. The van der Waals surface area contributed by atoms with Crippen LogP contribution in [0.2, 0.25) is 0 Å². The van der Waals surface area contributed by atoms with Gasteiger partial charge in [-0.25, -0.2) is 9.18 Å². The maximum absolute atomic E-state index is 13.5. The number of aromatic nitrogens is 1. The number of carbonyl (C=O) groups is 2. The Bertz CT molecular complexity index is 1290. The van der Waals surface area contributed by atoms with Crippen molar-refractivity contribution in [3.05, 3.63) is 102 Å². The highest BCUT2D eigenvalue weighted by atomic mass is 19.1. The largest absolute Gasteiger partial charge is 0.361 e. The molecule has 0 fully saturated rings. The van der Waals surface area contributed by atoms with Gasteiger partial charge in [0.25, 0.3) is 0 Å². The van der Waals surface area contributed by atoms with Crippen LogP contribution in [0.4, 0.5) is 14.9 Å². The van der Waals surface area contributed by atoms with Crippen molar-refractivity contribution in [2.75, 3.05) is 25.0 Å². The molecule has 0 bridgehead atoms. The Morgan fingerprint density at radius 3 is 2.36 bits per heavy atom. The van der Waals surface area contributed by atoms with Gasteiger partial charge in [0.05, 0.1) is 0 Å². The van der Waals surface area contributed by atoms with Gasteiger partial charge < -0.3 is 20.1 Å². The monoisotopic (exact) mass is 486 g/mol. The molecular weight excluding hydrogens is 455 g/mol. The second kappa shape index (κ2) is 12.0. The highest BCUT2D eigenvalue weighted by molar-refractivity contribution is 5.92. The van der Waals surface area contributed by atoms with Crippen LogP contribution in [0.25, 0.3) is 10.9 Å². The summed E-state index contributed by atoms with van der Waals surface area (Å²) < 4.78 is 13.5. The number of nitrogens with zero attached hydrogens (tertiary/aromatic N) is 2. The van der Waals surface area contributed by atoms with Crippen LogP contribution in [0.15, 0.2) is 85.1 Å². The number of benzene rings is 3. The van der Waals surface area contributed by atoms with Crippen LogP contribution < -0.4 is 5.32 Å². The van der Waals surface area contributed by atoms with E-state index in [1.54, 1.807) is 21.9 Å². The Labute approximate surface area is 210 Å². The highest BCUT2D eigenvalue weighted by Crippen LogP contribution is 2.19. The van der Waals surface area contributed by atoms with Crippen LogP contribution in [0.3, 0.4) is 0 Å². The summed E-state index contributed by atoms with van der Waals surface area (Å²) in [7, 11) is 0. The average Bonchev–Trinajstić information content (AvgIpc) is 3.31. The first-order valence-electron chi connectivity index (χ1n) is 12.2. The van der Waals surface area contributed by atoms with Crippen LogP contribution in [0.1, 0.15) is 24.5 Å². The fourth-order valence-corrected chi connectivity index (χ4v) is 4.21. The molecule has 3 aromatic carbocycles. The predicted octanol–water partition coefficient (Wildman–Crippen LogP) is 5.82. The van der Waals surface area contributed by atoms with Crippen molar-refractivity contribution in [1.29, 1.82) is 0 Å². The third-order valence-corrected chi connectivity index (χ3v) is 6.10. The molecule has 0 aliphatic heterocycles. The van der Waals surface area contributed by atoms with Gasteiger partial charge in [-0.15, -0.1) is 0 Å². The van der Waals surface area contributed by atoms with Crippen molar-refractivity contribution in [2.24, 2.45) is 0 Å². The molecule has 7 heteroatoms. The number of para-hydroxylation sites is 2. The molecule has 36 heavy (non-hydrogen) atoms. The van der Waals surface area contributed by atoms with Gasteiger partial charge >= 0.3 is 6.03 Å². The van der Waals surface area contributed by atoms with E-state index in [2.05, 4.69) is 16.4 Å². The Kier molecular flexibility index (Phi) is 8.34. The van der Waals surface area contributed by atoms with Crippen molar-refractivity contribution in [3.8, 4) is 0 Å². The van der Waals surface area contributed by atoms with Crippen LogP contribution >= 0.6 is 0 Å². The van der Waals surface area contributed by atoms with Crippen molar-refractivity contribution in [1.82, 2.24) is 14.8 Å². The second-order valence-corrected chi connectivity index (χ2v) is 8.77. The smallest absolute Gasteiger partial charge is 0.322 e. The van der Waals surface area contributed by atoms with Gasteiger partial charge in [-0.3, -0.25) is 4.79 Å². The highest BCUT2D eigenvalue weighted by Gasteiger charge is 2.22. The van der Waals surface area contributed by atoms with Crippen molar-refractivity contribution in [2.45, 2.75) is 26.3 Å². The zero-order chi connectivity index (χ0) is 25.3. The fraction of sp³-hybridized carbons (Fsp3) is 0.241. The van der Waals surface area contributed by atoms with Crippen LogP contribution in [-0.4, -0.2) is 46.4 Å². The number of anilines is 1. The van der Waals surface area contributed by atoms with Crippen LogP contribution in [0.5, 0.6) is 0 Å². The summed E-state index contributed by atoms with van der Waals surface area (Å²) in [6, 6.07) is 23.1. The molecule has 0 saturated carbocycles. The molecule has 4 rings (SSSR count). The van der Waals surface area contributed by atoms with Crippen LogP contribution in [0, 0.1) is 5.82 Å². The van der Waals surface area contributed by atoms with Gasteiger partial charge in [0.15, 0.2) is 0 Å². The van der Waals surface area contributed by atoms with E-state index in [0.29, 0.717) is 31.7 Å². The molecule has 3 amide bonds. The zero-order valence-electron chi connectivity index (χ0n) is 20.4. The summed E-state index contributed by atoms with van der Waals surface area (Å²) >= 11 is 0. The minimum Gasteiger partial charge on any atom is -0.361 e. The van der Waals surface area contributed by atoms with Gasteiger partial charge in [0, 0.05) is 42.4 Å². The normalized spacial score (nSPS) is 10.8. The van der Waals surface area contributed by atoms with E-state index >= 15 is 0 Å². The number of halogens is 1. The molecule has 1 heterocycles. The van der Waals surface area contributed by atoms with Crippen molar-refractivity contribution in [3.63, 3.8) is 0 Å². The molecule has 4 aromatic rings. The SMILES string of the molecule is CCCN(CC(=O)N(CCc1c[nH]c2ccccc12)Cc1ccc(F)cc1)C(=O)Nc1ccccc1. The van der Waals surface area contributed by atoms with Gasteiger partial charge in [-0.1, -0.05) is 55.5 Å². The number of hydrogen-bond acceptors (Lipinski definition) is 2. The summed E-state index contributed by atoms with van der Waals surface area (Å²) in [6.45, 7) is 3.19. The Hall–Kier alpha value is -4.13. The molecule has 0 aliphatic carbocycles. The lowest BCUT2D eigenvalue weighted by molar-refractivity contribution is -0.132. The molecule has 0 aliphatic rings. The number of fused-ring (bicyclic) bond motifs is 1. The lowest BCUT2D eigenvalue weighted by Crippen LogP contribution is -2.45. The third-order valence-electron chi connectivity index (χ3n) is 6.10. The minimum absolute atomic E-state index is 0.0401. The first-order chi connectivity index (χ1) is 17.5. The standard InChI is InChI=1S/C29H31FN4O2/c1-2-17-34(29(36)32-25-8-4-3-5-9-25)21-28(35)33(20-22-12-14-24(30)15-13-22)18-16-23-19-31-27-11-7-6-10-26(23)27/h3-15,19,31H,2,16-18,20-21H2,1H3,(H,32,36). The first-order valence-corrected chi connectivity index (χ1v) is 12.2. The summed E-state index contributed by atoms with van der Waals surface area (Å²) in [5.74, 6) is -0.474. The predicted molar refractivity (Wildman–Crippen MR) is 141 cm³/mol. The van der Waals surface area contributed by atoms with E-state index < -0.39 is 0 Å². The van der Waals surface area contributed by atoms with E-state index in [1.165, 1.54) is 12.1 Å². The molecule has 0 spiro atoms. The lowest BCUT2D eigenvalue weighted by Gasteiger charge is -2.28. The summed E-state index contributed by atoms with van der Waals surface area (Å²) in [6.07, 6.45) is 3.35. The number of carbonyl (C=O) groups excluding carboxylic acids is 2. The van der Waals surface area contributed by atoms with E-state index in [9.17, 15) is 14.0 Å². The third kappa shape index (κ3) is 6.50. The number of rotatable bonds is 10. The number of hydrogen-bond donors (Lipinski definition) is 2. The maximum atomic E-state index is 13.5. The number of nitrogens with one attached hydrogen (secondary N) is 2. The van der Waals surface area contributed by atoms with E-state index in [0.717, 1.165) is 28.5 Å². The molecule has 1 aromatic heterocycles. The molecular formula is C29H31FN4O2. The number of urea groups is 1. The van der Waals surface area contributed by atoms with E-state index in [1.807, 2.05) is 61.7 Å². The lowest BCUT2D eigenvalue weighted by atomic mass is 10.1. The molecule has 186 valence electrons. The average molecular weight is 487 g/mol. The second-order valence-electron chi connectivity index (χ2n) is 8.77. The summed E-state index contributed by atoms with van der Waals surface area (Å²) in [4.78, 5) is 33.0. The van der Waals surface area contributed by atoms with E-state index in [4.69, 9.17) is 0 Å². The molecule has 6 nitrogen and oxygen atoms in total. The number of amides is 3. The Morgan fingerprint density at radius 1 is 0.889 bits per heavy atom. The minimum atomic E-state index is -0.317. The van der Waals surface area contributed by atoms with Gasteiger partial charge in [-0.2, -0.15) is 0 Å². The zero-order valence-corrected chi connectivity index (χ0v) is 20.4. The van der Waals surface area contributed by atoms with Gasteiger partial charge in [-0.05, 0) is 54.3 Å². The quantitative estimate of drug-likeness (QED) is 0.296. The Balaban J connectivity index is 1.49. The molecule has 0 unspecified atom stereocenters. The number of H-pyrrole nitrogens is 1. The summed E-state index contributed by atoms with van der Waals surface area (Å²) in [5, 5.41) is 4.00. The van der Waals surface area contributed by atoms with E-state index in [-0.39, 0.29) is 24.3 Å². The van der Waals surface area contributed by atoms with Gasteiger partial charge in [0.2, 0.25) is 5.91 Å². The molecule has 0 atom stereocenters. The van der Waals surface area contributed by atoms with Gasteiger partial charge in [0.1, 0.15) is 12.4 Å².